The van der Waals surface area contributed by atoms with Gasteiger partial charge < -0.3 is 0 Å². The minimum absolute atomic E-state index is 0.0273. The Labute approximate surface area is 78.5 Å². The van der Waals surface area contributed by atoms with Crippen molar-refractivity contribution in [3.05, 3.63) is 28.0 Å². The first-order valence-electron chi connectivity index (χ1n) is 3.46. The Morgan fingerprint density at radius 2 is 2.23 bits per heavy atom. The average Bonchev–Trinajstić information content (AvgIpc) is 2.04. The van der Waals surface area contributed by atoms with Crippen LogP contribution in [0.3, 0.4) is 0 Å². The Hall–Kier alpha value is -1.03. The lowest BCUT2D eigenvalue weighted by Gasteiger charge is -2.06. The van der Waals surface area contributed by atoms with Crippen LogP contribution in [-0.4, -0.2) is 11.3 Å². The van der Waals surface area contributed by atoms with Crippen LogP contribution in [0.2, 0.25) is 5.15 Å². The van der Waals surface area contributed by atoms with Crippen molar-refractivity contribution in [3.63, 3.8) is 0 Å². The molecule has 1 aromatic rings. The summed E-state index contributed by atoms with van der Waals surface area (Å²) in [6, 6.07) is 0. The van der Waals surface area contributed by atoms with Crippen LogP contribution < -0.4 is 0 Å². The maximum atomic E-state index is 12.3. The van der Waals surface area contributed by atoms with E-state index in [1.807, 2.05) is 0 Å². The highest BCUT2D eigenvalue weighted by Gasteiger charge is 2.15. The van der Waals surface area contributed by atoms with Crippen LogP contribution in [0.1, 0.15) is 27.9 Å². The zero-order chi connectivity index (χ0) is 10.0. The molecule has 0 radical (unpaired) electrons. The minimum atomic E-state index is -2.64. The number of alkyl halides is 2. The molecular weight excluding hydrogens is 200 g/mol. The monoisotopic (exact) mass is 205 g/mol. The molecule has 2 nitrogen and oxygen atoms in total. The molecule has 0 aliphatic heterocycles. The van der Waals surface area contributed by atoms with Crippen LogP contribution >= 0.6 is 11.6 Å². The first-order valence-corrected chi connectivity index (χ1v) is 3.84. The maximum Gasteiger partial charge on any atom is 0.265 e. The molecule has 0 aromatic carbocycles. The van der Waals surface area contributed by atoms with Crippen LogP contribution in [0.25, 0.3) is 0 Å². The molecule has 0 fully saturated rings. The van der Waals surface area contributed by atoms with Crippen molar-refractivity contribution in [2.75, 3.05) is 0 Å². The van der Waals surface area contributed by atoms with Crippen molar-refractivity contribution in [1.29, 1.82) is 0 Å². The van der Waals surface area contributed by atoms with Crippen molar-refractivity contribution >= 4 is 17.9 Å². The van der Waals surface area contributed by atoms with Gasteiger partial charge in [-0.1, -0.05) is 11.6 Å². The van der Waals surface area contributed by atoms with Crippen molar-refractivity contribution < 1.29 is 13.6 Å². The van der Waals surface area contributed by atoms with E-state index in [2.05, 4.69) is 4.98 Å². The SMILES string of the molecule is Cc1c(C(F)F)cnc(Cl)c1C=O. The van der Waals surface area contributed by atoms with Gasteiger partial charge in [0.25, 0.3) is 6.43 Å². The third-order valence-corrected chi connectivity index (χ3v) is 2.03. The number of rotatable bonds is 2. The quantitative estimate of drug-likeness (QED) is 0.549. The van der Waals surface area contributed by atoms with Gasteiger partial charge in [-0.05, 0) is 12.5 Å². The molecule has 1 aromatic heterocycles. The van der Waals surface area contributed by atoms with Crippen molar-refractivity contribution in [2.24, 2.45) is 0 Å². The predicted octanol–water partition coefficient (Wildman–Crippen LogP) is 2.79. The van der Waals surface area contributed by atoms with E-state index < -0.39 is 6.43 Å². The molecule has 0 unspecified atom stereocenters. The summed E-state index contributed by atoms with van der Waals surface area (Å²) in [5.74, 6) is 0. The van der Waals surface area contributed by atoms with Gasteiger partial charge in [-0.25, -0.2) is 13.8 Å². The molecule has 0 saturated heterocycles. The lowest BCUT2D eigenvalue weighted by atomic mass is 10.1. The van der Waals surface area contributed by atoms with E-state index >= 15 is 0 Å². The number of pyridine rings is 1. The van der Waals surface area contributed by atoms with Gasteiger partial charge >= 0.3 is 0 Å². The third-order valence-electron chi connectivity index (χ3n) is 1.73. The zero-order valence-electron chi connectivity index (χ0n) is 6.72. The highest BCUT2D eigenvalue weighted by molar-refractivity contribution is 6.31. The highest BCUT2D eigenvalue weighted by atomic mass is 35.5. The Bertz CT molecular complexity index is 341. The van der Waals surface area contributed by atoms with E-state index in [0.29, 0.717) is 6.29 Å². The number of nitrogens with zero attached hydrogens (tertiary/aromatic N) is 1. The van der Waals surface area contributed by atoms with E-state index in [0.717, 1.165) is 6.20 Å². The van der Waals surface area contributed by atoms with E-state index in [9.17, 15) is 13.6 Å². The lowest BCUT2D eigenvalue weighted by Crippen LogP contribution is -1.98. The number of carbonyl (C=O) groups is 1. The summed E-state index contributed by atoms with van der Waals surface area (Å²) in [7, 11) is 0. The van der Waals surface area contributed by atoms with Gasteiger partial charge in [0.1, 0.15) is 5.15 Å². The van der Waals surface area contributed by atoms with Gasteiger partial charge in [0, 0.05) is 11.8 Å². The fourth-order valence-electron chi connectivity index (χ4n) is 0.960. The summed E-state index contributed by atoms with van der Waals surface area (Å²) in [6.07, 6.45) is -1.23. The molecule has 0 aliphatic rings. The molecule has 0 aliphatic carbocycles. The van der Waals surface area contributed by atoms with Gasteiger partial charge in [0.15, 0.2) is 6.29 Å². The summed E-state index contributed by atoms with van der Waals surface area (Å²) in [6.45, 7) is 1.42. The summed E-state index contributed by atoms with van der Waals surface area (Å²) < 4.78 is 24.6. The first kappa shape index (κ1) is 10.1. The van der Waals surface area contributed by atoms with Gasteiger partial charge in [-0.3, -0.25) is 4.79 Å². The molecule has 0 spiro atoms. The van der Waals surface area contributed by atoms with Crippen molar-refractivity contribution in [1.82, 2.24) is 4.98 Å². The highest BCUT2D eigenvalue weighted by Crippen LogP contribution is 2.26. The fourth-order valence-corrected chi connectivity index (χ4v) is 1.19. The van der Waals surface area contributed by atoms with E-state index in [4.69, 9.17) is 11.6 Å². The molecule has 0 saturated carbocycles. The number of aromatic nitrogens is 1. The summed E-state index contributed by atoms with van der Waals surface area (Å²) in [5, 5.41) is -0.0445. The second-order valence-electron chi connectivity index (χ2n) is 2.46. The molecule has 0 amide bonds. The smallest absolute Gasteiger partial charge is 0.265 e. The summed E-state index contributed by atoms with van der Waals surface area (Å²) in [4.78, 5) is 13.9. The van der Waals surface area contributed by atoms with E-state index in [-0.39, 0.29) is 21.8 Å². The van der Waals surface area contributed by atoms with Crippen LogP contribution in [0.15, 0.2) is 6.20 Å². The number of hydrogen-bond donors (Lipinski definition) is 0. The average molecular weight is 206 g/mol. The van der Waals surface area contributed by atoms with Crippen LogP contribution in [0.4, 0.5) is 8.78 Å². The van der Waals surface area contributed by atoms with Crippen LogP contribution in [0.5, 0.6) is 0 Å². The van der Waals surface area contributed by atoms with Crippen molar-refractivity contribution in [3.8, 4) is 0 Å². The first-order chi connectivity index (χ1) is 6.07. The molecule has 70 valence electrons. The van der Waals surface area contributed by atoms with E-state index in [1.54, 1.807) is 0 Å². The standard InChI is InChI=1S/C8H6ClF2NO/c1-4-5(8(10)11)2-12-7(9)6(4)3-13/h2-3,8H,1H3. The van der Waals surface area contributed by atoms with Gasteiger partial charge in [-0.2, -0.15) is 0 Å². The molecule has 0 atom stereocenters. The largest absolute Gasteiger partial charge is 0.298 e. The van der Waals surface area contributed by atoms with Gasteiger partial charge in [0.2, 0.25) is 0 Å². The molecule has 5 heteroatoms. The second-order valence-corrected chi connectivity index (χ2v) is 2.82. The summed E-state index contributed by atoms with van der Waals surface area (Å²) in [5.41, 5.74) is -0.0454. The number of hydrogen-bond acceptors (Lipinski definition) is 2. The summed E-state index contributed by atoms with van der Waals surface area (Å²) >= 11 is 5.52. The molecule has 1 heterocycles. The second kappa shape index (κ2) is 3.79. The molecule has 13 heavy (non-hydrogen) atoms. The number of halogens is 3. The topological polar surface area (TPSA) is 30.0 Å². The Balaban J connectivity index is 3.35. The lowest BCUT2D eigenvalue weighted by molar-refractivity contribution is 0.112. The van der Waals surface area contributed by atoms with E-state index in [1.165, 1.54) is 6.92 Å². The molecule has 0 N–H and O–H groups in total. The van der Waals surface area contributed by atoms with Crippen molar-refractivity contribution in [2.45, 2.75) is 13.3 Å². The number of carbonyl (C=O) groups excluding carboxylic acids is 1. The molecule has 0 bridgehead atoms. The zero-order valence-corrected chi connectivity index (χ0v) is 7.48. The van der Waals surface area contributed by atoms with Gasteiger partial charge in [-0.15, -0.1) is 0 Å². The molecule has 1 rings (SSSR count). The third kappa shape index (κ3) is 1.83. The Kier molecular flexibility index (Phi) is 2.93. The normalized spacial score (nSPS) is 10.5. The van der Waals surface area contributed by atoms with Crippen LogP contribution in [0, 0.1) is 6.92 Å². The fraction of sp³-hybridized carbons (Fsp3) is 0.250. The Morgan fingerprint density at radius 1 is 1.62 bits per heavy atom. The van der Waals surface area contributed by atoms with Crippen LogP contribution in [-0.2, 0) is 0 Å². The van der Waals surface area contributed by atoms with Gasteiger partial charge in [0.05, 0.1) is 5.56 Å². The number of aldehydes is 1. The minimum Gasteiger partial charge on any atom is -0.298 e. The molecular formula is C8H6ClF2NO. The Morgan fingerprint density at radius 3 is 2.69 bits per heavy atom. The maximum absolute atomic E-state index is 12.3. The predicted molar refractivity (Wildman–Crippen MR) is 44.3 cm³/mol.